The van der Waals surface area contributed by atoms with Gasteiger partial charge in [-0.15, -0.1) is 0 Å². The number of aliphatic hydroxyl groups excluding tert-OH is 2. The van der Waals surface area contributed by atoms with Gasteiger partial charge in [-0.3, -0.25) is 4.79 Å². The molecule has 3 rings (SSSR count). The average Bonchev–Trinajstić information content (AvgIpc) is 3.29. The Balaban J connectivity index is 0.00000616. The minimum absolute atomic E-state index is 0. The molecule has 0 spiro atoms. The van der Waals surface area contributed by atoms with E-state index < -0.39 is 48.0 Å². The molecule has 1 amide bonds. The van der Waals surface area contributed by atoms with Crippen LogP contribution in [0.5, 0.6) is 5.75 Å². The molecule has 42 heavy (non-hydrogen) atoms. The van der Waals surface area contributed by atoms with Crippen LogP contribution in [0.4, 0.5) is 13.2 Å². The van der Waals surface area contributed by atoms with Gasteiger partial charge in [0.2, 0.25) is 5.82 Å². The van der Waals surface area contributed by atoms with Crippen LogP contribution in [0.1, 0.15) is 66.3 Å². The molecular formula is C29H33F3N3NaO6. The van der Waals surface area contributed by atoms with E-state index in [0.29, 0.717) is 16.9 Å². The first kappa shape index (κ1) is 35.3. The van der Waals surface area contributed by atoms with E-state index in [1.165, 1.54) is 60.1 Å². The molecule has 1 heterocycles. The predicted molar refractivity (Wildman–Crippen MR) is 141 cm³/mol. The van der Waals surface area contributed by atoms with Crippen molar-refractivity contribution in [3.8, 4) is 11.4 Å². The number of aromatic nitrogens is 2. The number of nitrogens with zero attached hydrogens (tertiary/aromatic N) is 3. The van der Waals surface area contributed by atoms with E-state index in [1.807, 2.05) is 13.8 Å². The van der Waals surface area contributed by atoms with Gasteiger partial charge in [0.05, 0.1) is 25.0 Å². The summed E-state index contributed by atoms with van der Waals surface area (Å²) in [5.41, 5.74) is 1.50. The van der Waals surface area contributed by atoms with Crippen molar-refractivity contribution in [1.29, 1.82) is 0 Å². The van der Waals surface area contributed by atoms with E-state index in [-0.39, 0.29) is 78.3 Å². The number of hydrogen-bond acceptors (Lipinski definition) is 7. The fraction of sp³-hybridized carbons (Fsp3) is 0.414. The summed E-state index contributed by atoms with van der Waals surface area (Å²) in [6.07, 6.45) is -2.92. The van der Waals surface area contributed by atoms with Crippen LogP contribution in [0.3, 0.4) is 0 Å². The van der Waals surface area contributed by atoms with E-state index in [4.69, 9.17) is 4.74 Å². The largest absolute Gasteiger partial charge is 1.00 e. The summed E-state index contributed by atoms with van der Waals surface area (Å²) in [5.74, 6) is -5.31. The monoisotopic (exact) mass is 599 g/mol. The van der Waals surface area contributed by atoms with Crippen LogP contribution in [0.2, 0.25) is 0 Å². The van der Waals surface area contributed by atoms with Crippen molar-refractivity contribution in [3.63, 3.8) is 0 Å². The second-order valence-electron chi connectivity index (χ2n) is 10.1. The van der Waals surface area contributed by atoms with Gasteiger partial charge in [0.25, 0.3) is 5.91 Å². The molecule has 2 aromatic carbocycles. The Morgan fingerprint density at radius 3 is 2.26 bits per heavy atom. The number of aliphatic hydroxyl groups is 2. The zero-order valence-corrected chi connectivity index (χ0v) is 26.2. The third-order valence-electron chi connectivity index (χ3n) is 6.63. The number of carbonyl (C=O) groups excluding carboxylic acids is 2. The summed E-state index contributed by atoms with van der Waals surface area (Å²) in [5, 5.41) is 35.6. The molecule has 3 aromatic rings. The number of methoxy groups -OCH3 is 1. The molecule has 2 N–H and O–H groups in total. The van der Waals surface area contributed by atoms with E-state index in [0.717, 1.165) is 0 Å². The van der Waals surface area contributed by atoms with Crippen LogP contribution in [-0.4, -0.2) is 63.1 Å². The van der Waals surface area contributed by atoms with Crippen molar-refractivity contribution < 1.29 is 72.4 Å². The van der Waals surface area contributed by atoms with Crippen LogP contribution < -0.4 is 39.4 Å². The van der Waals surface area contributed by atoms with Gasteiger partial charge in [-0.25, -0.2) is 13.5 Å². The van der Waals surface area contributed by atoms with E-state index in [1.54, 1.807) is 0 Å². The van der Waals surface area contributed by atoms with Gasteiger partial charge in [0.15, 0.2) is 17.3 Å². The smallest absolute Gasteiger partial charge is 0.550 e. The number of ether oxygens (including phenoxy) is 1. The van der Waals surface area contributed by atoms with Crippen molar-refractivity contribution in [2.75, 3.05) is 14.2 Å². The Morgan fingerprint density at radius 1 is 1.05 bits per heavy atom. The van der Waals surface area contributed by atoms with Crippen molar-refractivity contribution in [3.05, 3.63) is 76.4 Å². The molecule has 0 aliphatic rings. The predicted octanol–water partition coefficient (Wildman–Crippen LogP) is -0.118. The minimum Gasteiger partial charge on any atom is -0.550 e. The summed E-state index contributed by atoms with van der Waals surface area (Å²) in [4.78, 5) is 25.6. The van der Waals surface area contributed by atoms with Crippen molar-refractivity contribution in [2.45, 2.75) is 64.2 Å². The molecule has 9 nitrogen and oxygen atoms in total. The van der Waals surface area contributed by atoms with Crippen LogP contribution in [0.25, 0.3) is 5.69 Å². The third-order valence-corrected chi connectivity index (χ3v) is 6.63. The Labute approximate surface area is 264 Å². The quantitative estimate of drug-likeness (QED) is 0.263. The molecule has 0 bridgehead atoms. The van der Waals surface area contributed by atoms with Crippen molar-refractivity contribution >= 4 is 11.9 Å². The van der Waals surface area contributed by atoms with Gasteiger partial charge in [-0.1, -0.05) is 19.9 Å². The molecule has 13 heteroatoms. The Morgan fingerprint density at radius 2 is 1.69 bits per heavy atom. The summed E-state index contributed by atoms with van der Waals surface area (Å²) >= 11 is 0. The zero-order chi connectivity index (χ0) is 30.4. The summed E-state index contributed by atoms with van der Waals surface area (Å²) < 4.78 is 48.8. The maximum atomic E-state index is 14.6. The number of benzene rings is 2. The van der Waals surface area contributed by atoms with Crippen LogP contribution in [0.15, 0.2) is 36.4 Å². The number of carboxylic acids is 1. The van der Waals surface area contributed by atoms with E-state index in [9.17, 15) is 38.1 Å². The maximum absolute atomic E-state index is 14.6. The fourth-order valence-corrected chi connectivity index (χ4v) is 4.64. The minimum atomic E-state index is -1.44. The van der Waals surface area contributed by atoms with Gasteiger partial charge in [-0.2, -0.15) is 9.49 Å². The Hall–Kier alpha value is -2.90. The maximum Gasteiger partial charge on any atom is 1.00 e. The molecule has 2 unspecified atom stereocenters. The van der Waals surface area contributed by atoms with Crippen LogP contribution in [0, 0.1) is 17.5 Å². The number of halogens is 3. The molecular weight excluding hydrogens is 566 g/mol. The Bertz CT molecular complexity index is 1380. The van der Waals surface area contributed by atoms with Gasteiger partial charge < -0.3 is 29.8 Å². The summed E-state index contributed by atoms with van der Waals surface area (Å²) in [6, 6.07) is 8.00. The first-order valence-corrected chi connectivity index (χ1v) is 13.0. The number of hydrogen-bond donors (Lipinski definition) is 2. The first-order valence-electron chi connectivity index (χ1n) is 13.0. The van der Waals surface area contributed by atoms with E-state index in [2.05, 4.69) is 5.10 Å². The van der Waals surface area contributed by atoms with Crippen LogP contribution >= 0.6 is 0 Å². The molecule has 2 atom stereocenters. The van der Waals surface area contributed by atoms with Gasteiger partial charge in [-0.05, 0) is 55.5 Å². The van der Waals surface area contributed by atoms with Crippen molar-refractivity contribution in [1.82, 2.24) is 14.7 Å². The number of aliphatic carboxylic acids is 1. The second-order valence-corrected chi connectivity index (χ2v) is 10.1. The number of amides is 1. The molecule has 0 aliphatic carbocycles. The standard InChI is InChI=1S/C29H34F3N3O6.Na/c1-16(2)25-22(11-10-20(36)13-21(37)14-24(38)39)35(19-8-6-18(30)7-9-19)33-28(25)29(40)34(3)15-17-5-12-23(41-4)27(32)26(17)31;/h5-9,12,16,20-21,36-37H,10-11,13-15H2,1-4H3,(H,38,39);/q;+1/p-1. The topological polar surface area (TPSA) is 128 Å². The SMILES string of the molecule is COc1ccc(CN(C)C(=O)c2nn(-c3ccc(F)cc3)c(CCC(O)CC(O)CC(=O)[O-])c2C(C)C)c(F)c1F.[Na+]. The molecule has 0 radical (unpaired) electrons. The van der Waals surface area contributed by atoms with Gasteiger partial charge in [0.1, 0.15) is 5.82 Å². The molecule has 0 saturated carbocycles. The average molecular weight is 600 g/mol. The molecule has 0 fully saturated rings. The fourth-order valence-electron chi connectivity index (χ4n) is 4.64. The third kappa shape index (κ3) is 8.57. The second kappa shape index (κ2) is 15.5. The number of carbonyl (C=O) groups is 2. The summed E-state index contributed by atoms with van der Waals surface area (Å²) in [6.45, 7) is 3.41. The van der Waals surface area contributed by atoms with Gasteiger partial charge in [0, 0.05) is 42.8 Å². The van der Waals surface area contributed by atoms with E-state index >= 15 is 0 Å². The zero-order valence-electron chi connectivity index (χ0n) is 24.2. The molecule has 0 aliphatic heterocycles. The molecule has 222 valence electrons. The summed E-state index contributed by atoms with van der Waals surface area (Å²) in [7, 11) is 2.64. The normalized spacial score (nSPS) is 12.5. The molecule has 0 saturated heterocycles. The molecule has 1 aromatic heterocycles. The van der Waals surface area contributed by atoms with Crippen molar-refractivity contribution in [2.24, 2.45) is 0 Å². The first-order chi connectivity index (χ1) is 19.3. The Kier molecular flexibility index (Phi) is 13.1. The number of carboxylic acid groups (broad SMARTS) is 1. The van der Waals surface area contributed by atoms with Crippen LogP contribution in [-0.2, 0) is 17.8 Å². The number of rotatable bonds is 13. The van der Waals surface area contributed by atoms with Gasteiger partial charge >= 0.3 is 29.6 Å².